The number of benzene rings is 1. The standard InChI is InChI=1S/C18H23FN6O2/c19-14-3-1-2-13(10-14)11-25-17(4-7-21-25)23-18(27)22-15-5-8-24(9-6-15)12-16(20)26/h1-4,7,10,15H,5-6,8-9,11-12H2,(H2,20,26)(H2,22,23,27). The summed E-state index contributed by atoms with van der Waals surface area (Å²) in [7, 11) is 0. The smallest absolute Gasteiger partial charge is 0.320 e. The zero-order valence-electron chi connectivity index (χ0n) is 14.9. The number of amides is 3. The lowest BCUT2D eigenvalue weighted by Crippen LogP contribution is -2.47. The second-order valence-corrected chi connectivity index (χ2v) is 6.62. The number of hydrogen-bond donors (Lipinski definition) is 3. The topological polar surface area (TPSA) is 105 Å². The molecule has 0 radical (unpaired) electrons. The molecule has 27 heavy (non-hydrogen) atoms. The molecule has 1 aromatic carbocycles. The first-order valence-corrected chi connectivity index (χ1v) is 8.84. The summed E-state index contributed by atoms with van der Waals surface area (Å²) in [6, 6.07) is 7.67. The molecule has 0 aliphatic carbocycles. The molecule has 0 saturated carbocycles. The summed E-state index contributed by atoms with van der Waals surface area (Å²) in [5.41, 5.74) is 5.96. The van der Waals surface area contributed by atoms with E-state index in [0.29, 0.717) is 25.5 Å². The van der Waals surface area contributed by atoms with Crippen molar-refractivity contribution < 1.29 is 14.0 Å². The molecule has 1 aliphatic rings. The van der Waals surface area contributed by atoms with Crippen LogP contribution in [0.25, 0.3) is 0 Å². The summed E-state index contributed by atoms with van der Waals surface area (Å²) in [5.74, 6) is -0.122. The van der Waals surface area contributed by atoms with Crippen LogP contribution in [0.3, 0.4) is 0 Å². The molecule has 1 saturated heterocycles. The fourth-order valence-corrected chi connectivity index (χ4v) is 3.17. The minimum Gasteiger partial charge on any atom is -0.369 e. The van der Waals surface area contributed by atoms with Gasteiger partial charge in [-0.15, -0.1) is 0 Å². The van der Waals surface area contributed by atoms with Crippen LogP contribution in [0.5, 0.6) is 0 Å². The third-order valence-corrected chi connectivity index (χ3v) is 4.48. The molecule has 3 rings (SSSR count). The third kappa shape index (κ3) is 5.52. The van der Waals surface area contributed by atoms with E-state index in [0.717, 1.165) is 18.4 Å². The second kappa shape index (κ2) is 8.63. The number of anilines is 1. The Morgan fingerprint density at radius 3 is 2.74 bits per heavy atom. The average Bonchev–Trinajstić information content (AvgIpc) is 3.03. The molecule has 0 bridgehead atoms. The number of urea groups is 1. The number of nitrogens with one attached hydrogen (secondary N) is 2. The van der Waals surface area contributed by atoms with Gasteiger partial charge in [0.25, 0.3) is 0 Å². The van der Waals surface area contributed by atoms with Crippen LogP contribution in [0.1, 0.15) is 18.4 Å². The van der Waals surface area contributed by atoms with Crippen LogP contribution in [-0.2, 0) is 11.3 Å². The van der Waals surface area contributed by atoms with Crippen molar-refractivity contribution in [3.8, 4) is 0 Å². The maximum absolute atomic E-state index is 13.3. The third-order valence-electron chi connectivity index (χ3n) is 4.48. The number of piperidine rings is 1. The highest BCUT2D eigenvalue weighted by atomic mass is 19.1. The monoisotopic (exact) mass is 374 g/mol. The number of likely N-dealkylation sites (tertiary alicyclic amines) is 1. The van der Waals surface area contributed by atoms with E-state index in [2.05, 4.69) is 15.7 Å². The highest BCUT2D eigenvalue weighted by molar-refractivity contribution is 5.88. The van der Waals surface area contributed by atoms with Crippen molar-refractivity contribution in [1.29, 1.82) is 0 Å². The van der Waals surface area contributed by atoms with Crippen molar-refractivity contribution in [2.75, 3.05) is 25.0 Å². The number of carbonyl (C=O) groups is 2. The van der Waals surface area contributed by atoms with Gasteiger partial charge in [0.1, 0.15) is 11.6 Å². The van der Waals surface area contributed by atoms with Gasteiger partial charge in [-0.05, 0) is 30.5 Å². The van der Waals surface area contributed by atoms with Crippen LogP contribution in [0.4, 0.5) is 15.0 Å². The summed E-state index contributed by atoms with van der Waals surface area (Å²) in [6.07, 6.45) is 3.09. The van der Waals surface area contributed by atoms with E-state index in [4.69, 9.17) is 5.73 Å². The van der Waals surface area contributed by atoms with Gasteiger partial charge in [0.05, 0.1) is 19.3 Å². The molecule has 144 valence electrons. The molecule has 8 nitrogen and oxygen atoms in total. The Bertz CT molecular complexity index is 801. The van der Waals surface area contributed by atoms with Gasteiger partial charge >= 0.3 is 6.03 Å². The summed E-state index contributed by atoms with van der Waals surface area (Å²) < 4.78 is 14.9. The zero-order chi connectivity index (χ0) is 19.2. The lowest BCUT2D eigenvalue weighted by atomic mass is 10.1. The van der Waals surface area contributed by atoms with Crippen molar-refractivity contribution in [2.45, 2.75) is 25.4 Å². The van der Waals surface area contributed by atoms with Gasteiger partial charge in [-0.25, -0.2) is 13.9 Å². The predicted molar refractivity (Wildman–Crippen MR) is 98.5 cm³/mol. The quantitative estimate of drug-likeness (QED) is 0.705. The number of carbonyl (C=O) groups excluding carboxylic acids is 2. The van der Waals surface area contributed by atoms with Crippen LogP contribution in [-0.4, -0.2) is 52.3 Å². The Labute approximate surface area is 156 Å². The van der Waals surface area contributed by atoms with E-state index in [1.807, 2.05) is 4.90 Å². The first kappa shape index (κ1) is 18.8. The van der Waals surface area contributed by atoms with Crippen molar-refractivity contribution in [3.63, 3.8) is 0 Å². The molecule has 0 spiro atoms. The lowest BCUT2D eigenvalue weighted by Gasteiger charge is -2.31. The zero-order valence-corrected chi connectivity index (χ0v) is 14.9. The number of halogens is 1. The highest BCUT2D eigenvalue weighted by Crippen LogP contribution is 2.13. The predicted octanol–water partition coefficient (Wildman–Crippen LogP) is 1.14. The Kier molecular flexibility index (Phi) is 6.02. The number of hydrogen-bond acceptors (Lipinski definition) is 4. The normalized spacial score (nSPS) is 15.4. The van der Waals surface area contributed by atoms with E-state index in [9.17, 15) is 14.0 Å². The molecule has 0 unspecified atom stereocenters. The van der Waals surface area contributed by atoms with Gasteiger partial charge in [-0.2, -0.15) is 5.10 Å². The van der Waals surface area contributed by atoms with Crippen LogP contribution >= 0.6 is 0 Å². The molecular formula is C18H23FN6O2. The number of aromatic nitrogens is 2. The van der Waals surface area contributed by atoms with Gasteiger partial charge in [-0.1, -0.05) is 12.1 Å². The minimum atomic E-state index is -0.342. The van der Waals surface area contributed by atoms with Crippen molar-refractivity contribution in [1.82, 2.24) is 20.0 Å². The van der Waals surface area contributed by atoms with E-state index < -0.39 is 0 Å². The van der Waals surface area contributed by atoms with Gasteiger partial charge in [0, 0.05) is 25.2 Å². The summed E-state index contributed by atoms with van der Waals surface area (Å²) in [5, 5.41) is 9.90. The largest absolute Gasteiger partial charge is 0.369 e. The molecule has 9 heteroatoms. The summed E-state index contributed by atoms with van der Waals surface area (Å²) >= 11 is 0. The van der Waals surface area contributed by atoms with Crippen LogP contribution < -0.4 is 16.4 Å². The van der Waals surface area contributed by atoms with Crippen LogP contribution in [0, 0.1) is 5.82 Å². The molecule has 2 heterocycles. The lowest BCUT2D eigenvalue weighted by molar-refractivity contribution is -0.119. The van der Waals surface area contributed by atoms with E-state index >= 15 is 0 Å². The number of nitrogens with two attached hydrogens (primary N) is 1. The van der Waals surface area contributed by atoms with Crippen LogP contribution in [0.15, 0.2) is 36.5 Å². The van der Waals surface area contributed by atoms with Crippen molar-refractivity contribution >= 4 is 17.8 Å². The maximum Gasteiger partial charge on any atom is 0.320 e. The minimum absolute atomic E-state index is 0.0358. The van der Waals surface area contributed by atoms with Crippen molar-refractivity contribution in [3.05, 3.63) is 47.9 Å². The van der Waals surface area contributed by atoms with E-state index in [1.54, 1.807) is 29.1 Å². The average molecular weight is 374 g/mol. The molecule has 0 atom stereocenters. The van der Waals surface area contributed by atoms with E-state index in [1.165, 1.54) is 12.1 Å². The first-order valence-electron chi connectivity index (χ1n) is 8.84. The van der Waals surface area contributed by atoms with Crippen molar-refractivity contribution in [2.24, 2.45) is 5.73 Å². The molecular weight excluding hydrogens is 351 g/mol. The number of rotatable bonds is 6. The molecule has 3 amide bonds. The Hall–Kier alpha value is -2.94. The Balaban J connectivity index is 1.50. The van der Waals surface area contributed by atoms with Crippen LogP contribution in [0.2, 0.25) is 0 Å². The summed E-state index contributed by atoms with van der Waals surface area (Å²) in [4.78, 5) is 25.2. The molecule has 1 fully saturated rings. The Morgan fingerprint density at radius 1 is 1.26 bits per heavy atom. The highest BCUT2D eigenvalue weighted by Gasteiger charge is 2.21. The van der Waals surface area contributed by atoms with Gasteiger partial charge < -0.3 is 11.1 Å². The second-order valence-electron chi connectivity index (χ2n) is 6.62. The molecule has 4 N–H and O–H groups in total. The molecule has 1 aromatic heterocycles. The van der Waals surface area contributed by atoms with Gasteiger partial charge in [0.15, 0.2) is 0 Å². The SMILES string of the molecule is NC(=O)CN1CCC(NC(=O)Nc2ccnn2Cc2cccc(F)c2)CC1. The summed E-state index contributed by atoms with van der Waals surface area (Å²) in [6.45, 7) is 2.03. The maximum atomic E-state index is 13.3. The Morgan fingerprint density at radius 2 is 2.04 bits per heavy atom. The van der Waals surface area contributed by atoms with Gasteiger partial charge in [-0.3, -0.25) is 15.0 Å². The van der Waals surface area contributed by atoms with Gasteiger partial charge in [0.2, 0.25) is 5.91 Å². The fraction of sp³-hybridized carbons (Fsp3) is 0.389. The number of nitrogens with zero attached hydrogens (tertiary/aromatic N) is 3. The molecule has 1 aliphatic heterocycles. The van der Waals surface area contributed by atoms with E-state index in [-0.39, 0.29) is 30.3 Å². The number of primary amides is 1. The first-order chi connectivity index (χ1) is 13.0. The molecule has 2 aromatic rings. The fourth-order valence-electron chi connectivity index (χ4n) is 3.17.